The summed E-state index contributed by atoms with van der Waals surface area (Å²) >= 11 is 0. The van der Waals surface area contributed by atoms with Crippen molar-refractivity contribution in [2.45, 2.75) is 38.4 Å². The highest BCUT2D eigenvalue weighted by atomic mass is 19.3. The predicted molar refractivity (Wildman–Crippen MR) is 83.1 cm³/mol. The molecule has 2 unspecified atom stereocenters. The molecule has 1 aromatic carbocycles. The van der Waals surface area contributed by atoms with Gasteiger partial charge in [0.25, 0.3) is 0 Å². The molecular formula is C16H22F2N4. The molecule has 0 saturated carbocycles. The molecule has 4 nitrogen and oxygen atoms in total. The highest BCUT2D eigenvalue weighted by Crippen LogP contribution is 2.30. The van der Waals surface area contributed by atoms with Crippen LogP contribution in [0.15, 0.2) is 24.3 Å². The van der Waals surface area contributed by atoms with Crippen molar-refractivity contribution in [3.63, 3.8) is 0 Å². The van der Waals surface area contributed by atoms with Crippen LogP contribution in [0.3, 0.4) is 0 Å². The van der Waals surface area contributed by atoms with Crippen molar-refractivity contribution in [2.75, 3.05) is 20.1 Å². The van der Waals surface area contributed by atoms with Gasteiger partial charge in [-0.05, 0) is 45.5 Å². The number of halogens is 2. The maximum absolute atomic E-state index is 13.6. The van der Waals surface area contributed by atoms with Crippen molar-refractivity contribution in [1.29, 1.82) is 0 Å². The Bertz CT molecular complexity index is 640. The molecule has 0 bridgehead atoms. The van der Waals surface area contributed by atoms with Crippen LogP contribution in [0.5, 0.6) is 0 Å². The van der Waals surface area contributed by atoms with Crippen LogP contribution in [0.25, 0.3) is 11.0 Å². The Balaban J connectivity index is 1.96. The molecule has 1 fully saturated rings. The van der Waals surface area contributed by atoms with Crippen LogP contribution in [0.1, 0.15) is 38.2 Å². The second-order valence-electron chi connectivity index (χ2n) is 5.91. The first-order valence-corrected chi connectivity index (χ1v) is 7.78. The Hall–Kier alpha value is -1.53. The molecule has 2 atom stereocenters. The largest absolute Gasteiger partial charge is 0.320 e. The third-order valence-electron chi connectivity index (χ3n) is 4.60. The van der Waals surface area contributed by atoms with Gasteiger partial charge in [0.05, 0.1) is 17.1 Å². The fourth-order valence-electron chi connectivity index (χ4n) is 3.32. The van der Waals surface area contributed by atoms with Gasteiger partial charge in [0.2, 0.25) is 0 Å². The number of piperidine rings is 1. The summed E-state index contributed by atoms with van der Waals surface area (Å²) in [5.74, 6) is 0.452. The lowest BCUT2D eigenvalue weighted by Gasteiger charge is -2.36. The average molecular weight is 308 g/mol. The smallest absolute Gasteiger partial charge is 0.316 e. The summed E-state index contributed by atoms with van der Waals surface area (Å²) in [4.78, 5) is 6.72. The minimum Gasteiger partial charge on any atom is -0.316 e. The molecule has 1 aromatic heterocycles. The molecule has 2 heterocycles. The predicted octanol–water partition coefficient (Wildman–Crippen LogP) is 3.18. The van der Waals surface area contributed by atoms with Crippen molar-refractivity contribution in [2.24, 2.45) is 0 Å². The van der Waals surface area contributed by atoms with E-state index >= 15 is 0 Å². The fourth-order valence-corrected chi connectivity index (χ4v) is 3.32. The minimum absolute atomic E-state index is 0.127. The van der Waals surface area contributed by atoms with Crippen LogP contribution < -0.4 is 5.32 Å². The van der Waals surface area contributed by atoms with Crippen LogP contribution in [-0.2, 0) is 0 Å². The fraction of sp³-hybridized carbons (Fsp3) is 0.562. The van der Waals surface area contributed by atoms with Gasteiger partial charge in [-0.3, -0.25) is 9.47 Å². The number of nitrogens with one attached hydrogen (secondary N) is 1. The first-order valence-electron chi connectivity index (χ1n) is 7.78. The third-order valence-corrected chi connectivity index (χ3v) is 4.60. The molecule has 1 aliphatic rings. The lowest BCUT2D eigenvalue weighted by atomic mass is 10.0. The number of nitrogens with zero attached hydrogens (tertiary/aromatic N) is 3. The zero-order valence-electron chi connectivity index (χ0n) is 13.0. The maximum atomic E-state index is 13.6. The molecule has 3 rings (SSSR count). The van der Waals surface area contributed by atoms with E-state index in [-0.39, 0.29) is 6.04 Å². The van der Waals surface area contributed by atoms with Crippen LogP contribution in [0.2, 0.25) is 0 Å². The maximum Gasteiger partial charge on any atom is 0.320 e. The first-order chi connectivity index (χ1) is 10.6. The number of hydrogen-bond donors (Lipinski definition) is 1. The number of para-hydroxylation sites is 2. The van der Waals surface area contributed by atoms with E-state index < -0.39 is 6.55 Å². The number of likely N-dealkylation sites (tertiary alicyclic amines) is 1. The lowest BCUT2D eigenvalue weighted by Crippen LogP contribution is -2.45. The number of likely N-dealkylation sites (N-methyl/N-ethyl adjacent to an activating group) is 1. The molecule has 1 saturated heterocycles. The Morgan fingerprint density at radius 1 is 1.32 bits per heavy atom. The van der Waals surface area contributed by atoms with Crippen LogP contribution >= 0.6 is 0 Å². The van der Waals surface area contributed by atoms with Gasteiger partial charge in [0.15, 0.2) is 0 Å². The van der Waals surface area contributed by atoms with Crippen molar-refractivity contribution < 1.29 is 8.78 Å². The third kappa shape index (κ3) is 2.73. The number of rotatable bonds is 4. The number of fused-ring (bicyclic) bond motifs is 1. The second kappa shape index (κ2) is 6.30. The molecule has 22 heavy (non-hydrogen) atoms. The molecule has 0 amide bonds. The van der Waals surface area contributed by atoms with E-state index in [2.05, 4.69) is 15.2 Å². The van der Waals surface area contributed by atoms with Gasteiger partial charge in [-0.15, -0.1) is 0 Å². The summed E-state index contributed by atoms with van der Waals surface area (Å²) < 4.78 is 28.2. The molecule has 2 aromatic rings. The molecule has 1 aliphatic heterocycles. The topological polar surface area (TPSA) is 33.1 Å². The number of benzene rings is 1. The quantitative estimate of drug-likeness (QED) is 0.942. The number of aromatic nitrogens is 2. The van der Waals surface area contributed by atoms with Gasteiger partial charge in [0.1, 0.15) is 5.82 Å². The Morgan fingerprint density at radius 2 is 2.09 bits per heavy atom. The summed E-state index contributed by atoms with van der Waals surface area (Å²) in [6.45, 7) is 1.18. The standard InChI is InChI=1S/C16H22F2N4/c1-11(21-9-5-6-12(10-21)19-2)15-20-13-7-3-4-8-14(13)22(15)16(17)18/h3-4,7-8,11-12,16,19H,5-6,9-10H2,1-2H3. The molecule has 0 aliphatic carbocycles. The Morgan fingerprint density at radius 3 is 2.82 bits per heavy atom. The molecule has 0 radical (unpaired) electrons. The molecule has 1 N–H and O–H groups in total. The van der Waals surface area contributed by atoms with Gasteiger partial charge in [0, 0.05) is 12.6 Å². The zero-order valence-corrected chi connectivity index (χ0v) is 13.0. The summed E-state index contributed by atoms with van der Waals surface area (Å²) in [6.07, 6.45) is 2.20. The first kappa shape index (κ1) is 15.4. The van der Waals surface area contributed by atoms with Gasteiger partial charge in [-0.2, -0.15) is 8.78 Å². The number of hydrogen-bond acceptors (Lipinski definition) is 3. The van der Waals surface area contributed by atoms with Crippen LogP contribution in [-0.4, -0.2) is 40.6 Å². The Labute approximate surface area is 129 Å². The summed E-state index contributed by atoms with van der Waals surface area (Å²) in [6, 6.07) is 7.39. The van der Waals surface area contributed by atoms with E-state index in [9.17, 15) is 8.78 Å². The summed E-state index contributed by atoms with van der Waals surface area (Å²) in [5, 5.41) is 3.29. The van der Waals surface area contributed by atoms with Crippen molar-refractivity contribution >= 4 is 11.0 Å². The Kier molecular flexibility index (Phi) is 4.40. The minimum atomic E-state index is -2.57. The van der Waals surface area contributed by atoms with Gasteiger partial charge in [-0.25, -0.2) is 4.98 Å². The zero-order chi connectivity index (χ0) is 15.7. The normalized spacial score (nSPS) is 21.6. The number of imidazole rings is 1. The van der Waals surface area contributed by atoms with Gasteiger partial charge >= 0.3 is 6.55 Å². The molecule has 6 heteroatoms. The van der Waals surface area contributed by atoms with Gasteiger partial charge in [-0.1, -0.05) is 12.1 Å². The average Bonchev–Trinajstić information content (AvgIpc) is 2.93. The van der Waals surface area contributed by atoms with Crippen molar-refractivity contribution in [3.05, 3.63) is 30.1 Å². The second-order valence-corrected chi connectivity index (χ2v) is 5.91. The SMILES string of the molecule is CNC1CCCN(C(C)c2nc3ccccc3n2C(F)F)C1. The van der Waals surface area contributed by atoms with Crippen LogP contribution in [0.4, 0.5) is 8.78 Å². The molecule has 120 valence electrons. The summed E-state index contributed by atoms with van der Waals surface area (Å²) in [7, 11) is 1.95. The monoisotopic (exact) mass is 308 g/mol. The molecule has 0 spiro atoms. The van der Waals surface area contributed by atoms with E-state index in [1.807, 2.05) is 20.0 Å². The molecular weight excluding hydrogens is 286 g/mol. The summed E-state index contributed by atoms with van der Waals surface area (Å²) in [5.41, 5.74) is 1.13. The van der Waals surface area contributed by atoms with E-state index in [1.54, 1.807) is 18.2 Å². The lowest BCUT2D eigenvalue weighted by molar-refractivity contribution is 0.0615. The van der Waals surface area contributed by atoms with E-state index in [1.165, 1.54) is 0 Å². The van der Waals surface area contributed by atoms with Crippen LogP contribution in [0, 0.1) is 0 Å². The van der Waals surface area contributed by atoms with E-state index in [0.29, 0.717) is 22.9 Å². The van der Waals surface area contributed by atoms with Gasteiger partial charge < -0.3 is 5.32 Å². The highest BCUT2D eigenvalue weighted by Gasteiger charge is 2.28. The van der Waals surface area contributed by atoms with E-state index in [4.69, 9.17) is 0 Å². The van der Waals surface area contributed by atoms with Crippen molar-refractivity contribution in [3.8, 4) is 0 Å². The van der Waals surface area contributed by atoms with Crippen molar-refractivity contribution in [1.82, 2.24) is 19.8 Å². The highest BCUT2D eigenvalue weighted by molar-refractivity contribution is 5.76. The van der Waals surface area contributed by atoms with E-state index in [0.717, 1.165) is 30.5 Å². The number of alkyl halides is 2.